The van der Waals surface area contributed by atoms with Crippen LogP contribution < -0.4 is 4.72 Å². The molecule has 0 amide bonds. The summed E-state index contributed by atoms with van der Waals surface area (Å²) in [5.74, 6) is 0. The van der Waals surface area contributed by atoms with Gasteiger partial charge in [-0.15, -0.1) is 0 Å². The molecule has 114 valence electrons. The van der Waals surface area contributed by atoms with Crippen molar-refractivity contribution in [2.24, 2.45) is 0 Å². The Hall–Kier alpha value is -0.530. The number of aromatic nitrogens is 2. The molecule has 0 saturated heterocycles. The van der Waals surface area contributed by atoms with Crippen molar-refractivity contribution in [2.75, 3.05) is 6.26 Å². The van der Waals surface area contributed by atoms with Gasteiger partial charge in [0.1, 0.15) is 4.90 Å². The van der Waals surface area contributed by atoms with E-state index < -0.39 is 10.0 Å². The molecule has 0 unspecified atom stereocenters. The van der Waals surface area contributed by atoms with E-state index in [4.69, 9.17) is 0 Å². The molecule has 20 heavy (non-hydrogen) atoms. The van der Waals surface area contributed by atoms with Crippen molar-refractivity contribution in [1.29, 1.82) is 0 Å². The van der Waals surface area contributed by atoms with Crippen molar-refractivity contribution in [3.8, 4) is 0 Å². The summed E-state index contributed by atoms with van der Waals surface area (Å²) < 4.78 is 29.4. The Morgan fingerprint density at radius 2 is 2.10 bits per heavy atom. The molecule has 7 heteroatoms. The van der Waals surface area contributed by atoms with Crippen LogP contribution in [0.25, 0.3) is 0 Å². The van der Waals surface area contributed by atoms with E-state index in [1.54, 1.807) is 22.6 Å². The normalized spacial score (nSPS) is 24.2. The Labute approximate surface area is 125 Å². The molecule has 1 aromatic rings. The summed E-state index contributed by atoms with van der Waals surface area (Å²) in [4.78, 5) is 0.261. The monoisotopic (exact) mass is 317 g/mol. The molecule has 0 aromatic carbocycles. The molecule has 1 heterocycles. The Kier molecular flexibility index (Phi) is 5.14. The fraction of sp³-hybridized carbons (Fsp3) is 0.769. The fourth-order valence-corrected chi connectivity index (χ4v) is 4.79. The molecule has 1 fully saturated rings. The van der Waals surface area contributed by atoms with Gasteiger partial charge in [-0.1, -0.05) is 12.8 Å². The average Bonchev–Trinajstić information content (AvgIpc) is 2.89. The summed E-state index contributed by atoms with van der Waals surface area (Å²) in [6.07, 6.45) is 9.37. The van der Waals surface area contributed by atoms with Gasteiger partial charge in [-0.3, -0.25) is 4.68 Å². The third kappa shape index (κ3) is 3.56. The molecule has 0 radical (unpaired) electrons. The van der Waals surface area contributed by atoms with E-state index in [-0.39, 0.29) is 17.0 Å². The molecular weight excluding hydrogens is 294 g/mol. The first-order valence-corrected chi connectivity index (χ1v) is 9.80. The van der Waals surface area contributed by atoms with Crippen molar-refractivity contribution in [1.82, 2.24) is 14.5 Å². The molecular formula is C13H23N3O2S2. The highest BCUT2D eigenvalue weighted by atomic mass is 32.2. The number of rotatable bonds is 5. The van der Waals surface area contributed by atoms with Crippen molar-refractivity contribution in [3.63, 3.8) is 0 Å². The van der Waals surface area contributed by atoms with Gasteiger partial charge in [0.05, 0.1) is 6.20 Å². The van der Waals surface area contributed by atoms with Gasteiger partial charge in [0.2, 0.25) is 10.0 Å². The quantitative estimate of drug-likeness (QED) is 0.906. The first-order chi connectivity index (χ1) is 9.44. The van der Waals surface area contributed by atoms with Crippen LogP contribution in [0.1, 0.15) is 45.6 Å². The van der Waals surface area contributed by atoms with Gasteiger partial charge in [0.15, 0.2) is 0 Å². The molecule has 5 nitrogen and oxygen atoms in total. The van der Waals surface area contributed by atoms with Gasteiger partial charge >= 0.3 is 0 Å². The highest BCUT2D eigenvalue weighted by molar-refractivity contribution is 7.99. The summed E-state index contributed by atoms with van der Waals surface area (Å²) in [6.45, 7) is 3.95. The van der Waals surface area contributed by atoms with E-state index in [0.29, 0.717) is 5.25 Å². The Morgan fingerprint density at radius 3 is 2.70 bits per heavy atom. The molecule has 0 aliphatic heterocycles. The molecule has 0 spiro atoms. The predicted octanol–water partition coefficient (Wildman–Crippen LogP) is 2.42. The highest BCUT2D eigenvalue weighted by Crippen LogP contribution is 2.28. The van der Waals surface area contributed by atoms with E-state index in [9.17, 15) is 8.42 Å². The average molecular weight is 317 g/mol. The lowest BCUT2D eigenvalue weighted by molar-refractivity contribution is 0.423. The van der Waals surface area contributed by atoms with Gasteiger partial charge in [-0.2, -0.15) is 16.9 Å². The zero-order chi connectivity index (χ0) is 14.8. The minimum absolute atomic E-state index is 0.0335. The second kappa shape index (κ2) is 6.49. The number of sulfonamides is 1. The molecule has 1 aliphatic rings. The van der Waals surface area contributed by atoms with Crippen LogP contribution in [-0.2, 0) is 10.0 Å². The maximum Gasteiger partial charge on any atom is 0.243 e. The van der Waals surface area contributed by atoms with E-state index in [1.807, 2.05) is 20.1 Å². The van der Waals surface area contributed by atoms with Crippen LogP contribution >= 0.6 is 11.8 Å². The van der Waals surface area contributed by atoms with Crippen LogP contribution in [0, 0.1) is 0 Å². The molecule has 1 aromatic heterocycles. The van der Waals surface area contributed by atoms with Crippen LogP contribution in [0.4, 0.5) is 0 Å². The van der Waals surface area contributed by atoms with Crippen molar-refractivity contribution in [2.45, 2.75) is 61.8 Å². The molecule has 1 N–H and O–H groups in total. The number of hydrogen-bond acceptors (Lipinski definition) is 4. The molecule has 1 aliphatic carbocycles. The van der Waals surface area contributed by atoms with E-state index >= 15 is 0 Å². The lowest BCUT2D eigenvalue weighted by Gasteiger charge is -2.30. The van der Waals surface area contributed by atoms with Crippen LogP contribution in [0.3, 0.4) is 0 Å². The summed E-state index contributed by atoms with van der Waals surface area (Å²) in [7, 11) is -3.46. The highest BCUT2D eigenvalue weighted by Gasteiger charge is 2.29. The maximum atomic E-state index is 12.4. The van der Waals surface area contributed by atoms with E-state index in [0.717, 1.165) is 19.3 Å². The summed E-state index contributed by atoms with van der Waals surface area (Å²) in [5, 5.41) is 4.48. The minimum Gasteiger partial charge on any atom is -0.269 e. The number of thioether (sulfide) groups is 1. The van der Waals surface area contributed by atoms with Crippen LogP contribution in [0.2, 0.25) is 0 Å². The van der Waals surface area contributed by atoms with Crippen molar-refractivity contribution >= 4 is 21.8 Å². The zero-order valence-corrected chi connectivity index (χ0v) is 13.9. The summed E-state index contributed by atoms with van der Waals surface area (Å²) in [5.41, 5.74) is 0. The standard InChI is InChI=1S/C13H23N3O2S2/c1-10(2)16-9-11(8-14-16)20(17,18)15-12-6-4-5-7-13(12)19-3/h8-10,12-13,15H,4-7H2,1-3H3/t12-,13-/m1/s1. The van der Waals surface area contributed by atoms with Crippen LogP contribution in [0.5, 0.6) is 0 Å². The first-order valence-electron chi connectivity index (χ1n) is 7.03. The van der Waals surface area contributed by atoms with Crippen LogP contribution in [-0.4, -0.2) is 35.7 Å². The van der Waals surface area contributed by atoms with Crippen molar-refractivity contribution < 1.29 is 8.42 Å². The number of nitrogens with zero attached hydrogens (tertiary/aromatic N) is 2. The van der Waals surface area contributed by atoms with Gasteiger partial charge in [0, 0.05) is 23.5 Å². The van der Waals surface area contributed by atoms with Crippen molar-refractivity contribution in [3.05, 3.63) is 12.4 Å². The lowest BCUT2D eigenvalue weighted by atomic mass is 9.96. The topological polar surface area (TPSA) is 64.0 Å². The SMILES string of the molecule is CS[C@@H]1CCCC[C@H]1NS(=O)(=O)c1cnn(C(C)C)c1. The molecule has 1 saturated carbocycles. The summed E-state index contributed by atoms with van der Waals surface area (Å²) >= 11 is 1.75. The third-order valence-corrected chi connectivity index (χ3v) is 6.34. The summed E-state index contributed by atoms with van der Waals surface area (Å²) in [6, 6.07) is 0.193. The van der Waals surface area contributed by atoms with E-state index in [2.05, 4.69) is 9.82 Å². The lowest BCUT2D eigenvalue weighted by Crippen LogP contribution is -2.43. The first kappa shape index (κ1) is 15.9. The largest absolute Gasteiger partial charge is 0.269 e. The van der Waals surface area contributed by atoms with Gasteiger partial charge in [-0.05, 0) is 32.9 Å². The third-order valence-electron chi connectivity index (χ3n) is 3.73. The molecule has 2 rings (SSSR count). The van der Waals surface area contributed by atoms with Gasteiger partial charge in [0.25, 0.3) is 0 Å². The van der Waals surface area contributed by atoms with Gasteiger partial charge in [-0.25, -0.2) is 13.1 Å². The van der Waals surface area contributed by atoms with Crippen LogP contribution in [0.15, 0.2) is 17.3 Å². The fourth-order valence-electron chi connectivity index (χ4n) is 2.52. The second-order valence-corrected chi connectivity index (χ2v) is 8.33. The Bertz CT molecular complexity index is 540. The van der Waals surface area contributed by atoms with E-state index in [1.165, 1.54) is 12.6 Å². The second-order valence-electron chi connectivity index (χ2n) is 5.54. The Balaban J connectivity index is 2.13. The number of nitrogens with one attached hydrogen (secondary N) is 1. The van der Waals surface area contributed by atoms with Gasteiger partial charge < -0.3 is 0 Å². The number of hydrogen-bond donors (Lipinski definition) is 1. The molecule has 0 bridgehead atoms. The molecule has 2 atom stereocenters. The predicted molar refractivity (Wildman–Crippen MR) is 82.5 cm³/mol. The zero-order valence-electron chi connectivity index (χ0n) is 12.2. The Morgan fingerprint density at radius 1 is 1.40 bits per heavy atom. The maximum absolute atomic E-state index is 12.4. The minimum atomic E-state index is -3.46. The smallest absolute Gasteiger partial charge is 0.243 e.